The molecule has 0 spiro atoms. The van der Waals surface area contributed by atoms with Gasteiger partial charge < -0.3 is 19.3 Å². The molecule has 0 saturated heterocycles. The summed E-state index contributed by atoms with van der Waals surface area (Å²) in [5.41, 5.74) is 2.53. The Morgan fingerprint density at radius 1 is 1.24 bits per heavy atom. The summed E-state index contributed by atoms with van der Waals surface area (Å²) in [5.74, 6) is -1.45. The molecule has 0 bridgehead atoms. The number of nitrogens with zero attached hydrogens (tertiary/aromatic N) is 7. The number of aryl methyl sites for hydroxylation is 1. The number of ether oxygens (including phenoxy) is 1. The zero-order chi connectivity index (χ0) is 30.0. The number of carbonyl (C=O) groups is 1. The number of anilines is 1. The van der Waals surface area contributed by atoms with Crippen LogP contribution in [-0.2, 0) is 13.5 Å². The monoisotopic (exact) mass is 575 g/mol. The summed E-state index contributed by atoms with van der Waals surface area (Å²) in [7, 11) is 6.67. The Balaban J connectivity index is 2.05. The normalized spacial score (nSPS) is 11.8. The molecule has 212 valence electrons. The summed E-state index contributed by atoms with van der Waals surface area (Å²) >= 11 is 6.32. The maximum atomic E-state index is 13.1. The number of nitriles is 1. The van der Waals surface area contributed by atoms with Crippen molar-refractivity contribution in [3.8, 4) is 17.6 Å². The first kappa shape index (κ1) is 29.3. The van der Waals surface area contributed by atoms with Crippen LogP contribution in [0.3, 0.4) is 0 Å². The number of halogens is 1. The van der Waals surface area contributed by atoms with Gasteiger partial charge in [0.25, 0.3) is 5.56 Å². The van der Waals surface area contributed by atoms with E-state index < -0.39 is 11.9 Å². The Morgan fingerprint density at radius 2 is 1.93 bits per heavy atom. The number of aromatic nitrogens is 5. The third-order valence-corrected chi connectivity index (χ3v) is 6.90. The van der Waals surface area contributed by atoms with Crippen LogP contribution in [0.2, 0.25) is 5.02 Å². The minimum atomic E-state index is -1.23. The molecule has 1 atom stereocenters. The lowest BCUT2D eigenvalue weighted by atomic mass is 9.82. The number of benzene rings is 1. The molecule has 1 N–H and O–H groups in total. The quantitative estimate of drug-likeness (QED) is 0.311. The van der Waals surface area contributed by atoms with Crippen molar-refractivity contribution in [2.45, 2.75) is 32.1 Å². The van der Waals surface area contributed by atoms with Crippen LogP contribution in [0.4, 0.5) is 5.95 Å². The van der Waals surface area contributed by atoms with Gasteiger partial charge in [0.1, 0.15) is 5.69 Å². The van der Waals surface area contributed by atoms with E-state index in [1.54, 1.807) is 62.6 Å². The maximum Gasteiger partial charge on any atom is 0.356 e. The molecule has 0 fully saturated rings. The van der Waals surface area contributed by atoms with Gasteiger partial charge in [0.15, 0.2) is 5.69 Å². The van der Waals surface area contributed by atoms with E-state index in [4.69, 9.17) is 16.3 Å². The first-order valence-corrected chi connectivity index (χ1v) is 13.1. The molecule has 0 aliphatic carbocycles. The van der Waals surface area contributed by atoms with Gasteiger partial charge in [0.05, 0.1) is 35.7 Å². The molecule has 3 aromatic heterocycles. The molecule has 0 radical (unpaired) electrons. The number of carboxylic acid groups (broad SMARTS) is 1. The second-order valence-electron chi connectivity index (χ2n) is 10.1. The summed E-state index contributed by atoms with van der Waals surface area (Å²) in [4.78, 5) is 36.5. The van der Waals surface area contributed by atoms with Crippen molar-refractivity contribution in [2.75, 3.05) is 26.1 Å². The molecule has 12 heteroatoms. The highest BCUT2D eigenvalue weighted by atomic mass is 35.5. The summed E-state index contributed by atoms with van der Waals surface area (Å²) in [6.45, 7) is 3.86. The van der Waals surface area contributed by atoms with E-state index in [-0.39, 0.29) is 29.5 Å². The molecule has 41 heavy (non-hydrogen) atoms. The maximum absolute atomic E-state index is 13.1. The fourth-order valence-corrected chi connectivity index (χ4v) is 5.10. The Kier molecular flexibility index (Phi) is 8.44. The van der Waals surface area contributed by atoms with Crippen molar-refractivity contribution in [1.29, 1.82) is 5.26 Å². The van der Waals surface area contributed by atoms with Gasteiger partial charge in [-0.25, -0.2) is 14.5 Å². The second kappa shape index (κ2) is 11.8. The predicted octanol–water partition coefficient (Wildman–Crippen LogP) is 4.16. The molecule has 0 aliphatic rings. The lowest BCUT2D eigenvalue weighted by Gasteiger charge is -2.22. The molecule has 4 rings (SSSR count). The fraction of sp³-hybridized carbons (Fsp3) is 0.310. The Hall–Kier alpha value is -4.69. The zero-order valence-electron chi connectivity index (χ0n) is 23.6. The van der Waals surface area contributed by atoms with Gasteiger partial charge in [0.2, 0.25) is 11.8 Å². The van der Waals surface area contributed by atoms with Crippen LogP contribution in [0.15, 0.2) is 47.5 Å². The van der Waals surface area contributed by atoms with Crippen molar-refractivity contribution in [2.24, 2.45) is 7.05 Å². The van der Waals surface area contributed by atoms with Gasteiger partial charge >= 0.3 is 5.97 Å². The number of pyridine rings is 1. The lowest BCUT2D eigenvalue weighted by Crippen LogP contribution is -2.23. The van der Waals surface area contributed by atoms with Crippen LogP contribution in [0.25, 0.3) is 5.69 Å². The molecule has 1 aromatic carbocycles. The summed E-state index contributed by atoms with van der Waals surface area (Å²) < 4.78 is 8.47. The number of hydrogen-bond acceptors (Lipinski definition) is 8. The van der Waals surface area contributed by atoms with Gasteiger partial charge in [0, 0.05) is 44.4 Å². The third kappa shape index (κ3) is 5.78. The van der Waals surface area contributed by atoms with E-state index in [1.807, 2.05) is 13.8 Å². The smallest absolute Gasteiger partial charge is 0.356 e. The molecular formula is C29H30ClN7O4. The van der Waals surface area contributed by atoms with Gasteiger partial charge in [-0.2, -0.15) is 15.3 Å². The minimum absolute atomic E-state index is 0.137. The lowest BCUT2D eigenvalue weighted by molar-refractivity contribution is 0.0688. The van der Waals surface area contributed by atoms with Gasteiger partial charge in [-0.15, -0.1) is 0 Å². The Bertz CT molecular complexity index is 1700. The average Bonchev–Trinajstić information content (AvgIpc) is 3.34. The first-order chi connectivity index (χ1) is 19.5. The molecule has 1 unspecified atom stereocenters. The molecule has 0 amide bonds. The topological polar surface area (TPSA) is 139 Å². The van der Waals surface area contributed by atoms with Crippen LogP contribution in [0.1, 0.15) is 64.1 Å². The highest BCUT2D eigenvalue weighted by Gasteiger charge is 2.33. The van der Waals surface area contributed by atoms with E-state index in [0.29, 0.717) is 44.6 Å². The standard InChI is InChI=1S/C29H30ClN7O4/c1-16(2)25-23(24(28(39)40)34-37(25)22-14-32-29(35(3)4)33-26(22)41-6)21(18-9-7-17(13-31)8-10-18)12-19-11-20(30)15-36(5)27(19)38/h7-11,14-16,21H,12H2,1-6H3,(H,39,40). The van der Waals surface area contributed by atoms with E-state index in [0.717, 1.165) is 0 Å². The minimum Gasteiger partial charge on any atom is -0.479 e. The Labute approximate surface area is 242 Å². The van der Waals surface area contributed by atoms with Gasteiger partial charge in [-0.3, -0.25) is 4.79 Å². The van der Waals surface area contributed by atoms with Crippen LogP contribution in [-0.4, -0.2) is 56.6 Å². The van der Waals surface area contributed by atoms with E-state index in [2.05, 4.69) is 21.1 Å². The summed E-state index contributed by atoms with van der Waals surface area (Å²) in [5, 5.41) is 24.7. The highest BCUT2D eigenvalue weighted by molar-refractivity contribution is 6.30. The van der Waals surface area contributed by atoms with Crippen molar-refractivity contribution >= 4 is 23.5 Å². The highest BCUT2D eigenvalue weighted by Crippen LogP contribution is 2.38. The fourth-order valence-electron chi connectivity index (χ4n) is 4.82. The van der Waals surface area contributed by atoms with Crippen molar-refractivity contribution in [3.63, 3.8) is 0 Å². The van der Waals surface area contributed by atoms with Crippen LogP contribution in [0.5, 0.6) is 5.88 Å². The predicted molar refractivity (Wildman–Crippen MR) is 154 cm³/mol. The Morgan fingerprint density at radius 3 is 2.49 bits per heavy atom. The molecule has 4 aromatic rings. The van der Waals surface area contributed by atoms with Crippen LogP contribution >= 0.6 is 11.6 Å². The average molecular weight is 576 g/mol. The summed E-state index contributed by atoms with van der Waals surface area (Å²) in [6.07, 6.45) is 3.20. The van der Waals surface area contributed by atoms with E-state index in [9.17, 15) is 20.0 Å². The van der Waals surface area contributed by atoms with E-state index >= 15 is 0 Å². The second-order valence-corrected chi connectivity index (χ2v) is 10.5. The number of carboxylic acids is 1. The number of hydrogen-bond donors (Lipinski definition) is 1. The van der Waals surface area contributed by atoms with Gasteiger partial charge in [-0.05, 0) is 36.1 Å². The number of rotatable bonds is 9. The zero-order valence-corrected chi connectivity index (χ0v) is 24.3. The largest absolute Gasteiger partial charge is 0.479 e. The third-order valence-electron chi connectivity index (χ3n) is 6.69. The molecule has 3 heterocycles. The first-order valence-electron chi connectivity index (χ1n) is 12.8. The van der Waals surface area contributed by atoms with Gasteiger partial charge in [-0.1, -0.05) is 37.6 Å². The van der Waals surface area contributed by atoms with Crippen molar-refractivity contribution in [3.05, 3.63) is 91.7 Å². The van der Waals surface area contributed by atoms with Crippen LogP contribution < -0.4 is 15.2 Å². The SMILES string of the molecule is COc1nc(N(C)C)ncc1-n1nc(C(=O)O)c(C(Cc2cc(Cl)cn(C)c2=O)c2ccc(C#N)cc2)c1C(C)C. The number of methoxy groups -OCH3 is 1. The molecule has 11 nitrogen and oxygen atoms in total. The van der Waals surface area contributed by atoms with Crippen molar-refractivity contribution in [1.82, 2.24) is 24.3 Å². The summed E-state index contributed by atoms with van der Waals surface area (Å²) in [6, 6.07) is 10.6. The number of aromatic carboxylic acids is 1. The van der Waals surface area contributed by atoms with Crippen molar-refractivity contribution < 1.29 is 14.6 Å². The molecule has 0 aliphatic heterocycles. The molecular weight excluding hydrogens is 546 g/mol. The van der Waals surface area contributed by atoms with E-state index in [1.165, 1.54) is 22.6 Å². The molecule has 0 saturated carbocycles. The van der Waals surface area contributed by atoms with Crippen LogP contribution in [0, 0.1) is 11.3 Å².